The Morgan fingerprint density at radius 2 is 0.924 bits per heavy atom. The number of alkyl halides is 13. The maximum Gasteiger partial charge on any atom is 0.416 e. The zero-order chi connectivity index (χ0) is 70.8. The monoisotopic (exact) mass is 1440 g/mol. The Morgan fingerprint density at radius 1 is 0.565 bits per heavy atom. The molecule has 0 heterocycles. The van der Waals surface area contributed by atoms with Crippen molar-refractivity contribution in [3.05, 3.63) is 164 Å². The van der Waals surface area contributed by atoms with Gasteiger partial charge in [0.15, 0.2) is 0 Å². The number of hydroxylamine groups is 2. The zero-order valence-electron chi connectivity index (χ0n) is 52.3. The summed E-state index contributed by atoms with van der Waals surface area (Å²) >= 11 is 2.41. The molecule has 0 aliphatic carbocycles. The van der Waals surface area contributed by atoms with Gasteiger partial charge in [0.2, 0.25) is 5.91 Å². The number of amides is 2. The summed E-state index contributed by atoms with van der Waals surface area (Å²) in [5.74, 6) is -5.58. The number of methoxy groups -OCH3 is 1. The van der Waals surface area contributed by atoms with Crippen molar-refractivity contribution in [2.24, 2.45) is 0 Å². The molecular formula is C64H73F14IN2O11. The first-order valence-electron chi connectivity index (χ1n) is 27.9. The maximum atomic E-state index is 13.7. The molecule has 0 fully saturated rings. The van der Waals surface area contributed by atoms with Crippen LogP contribution in [0.1, 0.15) is 159 Å². The number of esters is 1. The molecule has 0 bridgehead atoms. The molecule has 28 heteroatoms. The Kier molecular flexibility index (Phi) is 33.8. The highest BCUT2D eigenvalue weighted by atomic mass is 127. The van der Waals surface area contributed by atoms with Crippen molar-refractivity contribution in [2.75, 3.05) is 21.3 Å². The molecule has 0 spiro atoms. The molecular weight excluding hydrogens is 1370 g/mol. The highest BCUT2D eigenvalue weighted by Gasteiger charge is 2.35. The van der Waals surface area contributed by atoms with Gasteiger partial charge in [0.05, 0.1) is 66.4 Å². The lowest BCUT2D eigenvalue weighted by atomic mass is 10.1. The number of nitrogens with one attached hydrogen (secondary N) is 1. The van der Waals surface area contributed by atoms with E-state index in [9.17, 15) is 80.6 Å². The number of hydrogen-bond acceptors (Lipinski definition) is 10. The van der Waals surface area contributed by atoms with Gasteiger partial charge in [-0.25, -0.2) is 23.4 Å². The van der Waals surface area contributed by atoms with Gasteiger partial charge >= 0.3 is 36.6 Å². The van der Waals surface area contributed by atoms with Crippen molar-refractivity contribution in [2.45, 2.75) is 148 Å². The highest BCUT2D eigenvalue weighted by Crippen LogP contribution is 2.38. The third-order valence-electron chi connectivity index (χ3n) is 12.8. The molecule has 0 saturated carbocycles. The number of aromatic carboxylic acids is 1. The second-order valence-corrected chi connectivity index (χ2v) is 22.1. The Hall–Kier alpha value is -7.63. The van der Waals surface area contributed by atoms with Crippen LogP contribution in [-0.4, -0.2) is 82.5 Å². The van der Waals surface area contributed by atoms with E-state index in [-0.39, 0.29) is 52.3 Å². The highest BCUT2D eigenvalue weighted by molar-refractivity contribution is 14.1. The van der Waals surface area contributed by atoms with Crippen LogP contribution in [0.15, 0.2) is 97.1 Å². The number of carbonyl (C=O) groups is 4. The second-order valence-electron chi connectivity index (χ2n) is 20.0. The Balaban J connectivity index is 0.000000617. The van der Waals surface area contributed by atoms with Crippen LogP contribution in [0, 0.1) is 18.6 Å². The van der Waals surface area contributed by atoms with E-state index in [0.29, 0.717) is 48.6 Å². The van der Waals surface area contributed by atoms with E-state index in [4.69, 9.17) is 29.3 Å². The molecule has 2 amide bonds. The Labute approximate surface area is 537 Å². The van der Waals surface area contributed by atoms with Crippen LogP contribution < -0.4 is 19.5 Å². The number of carboxylic acid groups (broad SMARTS) is 1. The van der Waals surface area contributed by atoms with Crippen LogP contribution in [-0.2, 0) is 43.9 Å². The number of hydrogen-bond donors (Lipinski definition) is 3. The second kappa shape index (κ2) is 37.8. The summed E-state index contributed by atoms with van der Waals surface area (Å²) in [5.41, 5.74) is -3.32. The smallest absolute Gasteiger partial charge is 0.416 e. The summed E-state index contributed by atoms with van der Waals surface area (Å²) in [6.45, 7) is 18.0. The molecule has 0 saturated heterocycles. The quantitative estimate of drug-likeness (QED) is 0.0180. The van der Waals surface area contributed by atoms with Crippen molar-refractivity contribution in [1.29, 1.82) is 0 Å². The molecule has 13 nitrogen and oxygen atoms in total. The number of halogens is 15. The number of phenols is 1. The summed E-state index contributed by atoms with van der Waals surface area (Å²) in [4.78, 5) is 50.5. The minimum atomic E-state index is -4.59. The van der Waals surface area contributed by atoms with Crippen LogP contribution in [0.4, 0.5) is 61.5 Å². The van der Waals surface area contributed by atoms with Gasteiger partial charge in [-0.15, -0.1) is 0 Å². The zero-order valence-corrected chi connectivity index (χ0v) is 54.5. The van der Waals surface area contributed by atoms with E-state index in [0.717, 1.165) is 75.7 Å². The average molecular weight is 1440 g/mol. The van der Waals surface area contributed by atoms with Gasteiger partial charge in [-0.05, 0) is 151 Å². The molecule has 0 radical (unpaired) electrons. The molecule has 0 aliphatic heterocycles. The van der Waals surface area contributed by atoms with Gasteiger partial charge in [-0.1, -0.05) is 69.3 Å². The van der Waals surface area contributed by atoms with Crippen LogP contribution in [0.3, 0.4) is 0 Å². The van der Waals surface area contributed by atoms with Crippen molar-refractivity contribution >= 4 is 58.5 Å². The van der Waals surface area contributed by atoms with Crippen molar-refractivity contribution < 1.29 is 115 Å². The van der Waals surface area contributed by atoms with Crippen molar-refractivity contribution in [3.63, 3.8) is 0 Å². The van der Waals surface area contributed by atoms with Gasteiger partial charge in [-0.2, -0.15) is 52.7 Å². The number of carbonyl (C=O) groups excluding carboxylic acids is 3. The topological polar surface area (TPSA) is 170 Å². The van der Waals surface area contributed by atoms with E-state index in [2.05, 4.69) is 46.5 Å². The summed E-state index contributed by atoms with van der Waals surface area (Å²) in [7, 11) is 3.88. The molecule has 0 aliphatic rings. The van der Waals surface area contributed by atoms with Gasteiger partial charge in [0.25, 0.3) is 5.91 Å². The lowest BCUT2D eigenvalue weighted by Crippen LogP contribution is -2.26. The largest absolute Gasteiger partial charge is 0.507 e. The van der Waals surface area contributed by atoms with E-state index < -0.39 is 99.7 Å². The SMILES string of the molecule is CCC(C)I.CCC(C)Oc1cc(C(F)(F)F)ccc1/C=C/C(=O)N[C@H](C)c1cc(F)c(C)c(F)c1.CCC(C)Oc1cc(C(F)(F)F)ccc1/C=C/C(=O)OC.CCC(C)Oc1cc(C(F)(F)F)ccc1C(=O)N(C)OC.O=C(O)c1ccc(C(F)(F)F)cc1O. The summed E-state index contributed by atoms with van der Waals surface area (Å²) < 4.78 is 201. The number of nitrogens with zero attached hydrogens (tertiary/aromatic N) is 1. The van der Waals surface area contributed by atoms with Crippen LogP contribution in [0.2, 0.25) is 0 Å². The fraction of sp³-hybridized carbons (Fsp3) is 0.406. The van der Waals surface area contributed by atoms with Crippen LogP contribution in [0.25, 0.3) is 12.2 Å². The minimum absolute atomic E-state index is 0.00366. The molecule has 5 atom stereocenters. The maximum absolute atomic E-state index is 13.7. The minimum Gasteiger partial charge on any atom is -0.507 e. The Morgan fingerprint density at radius 3 is 1.27 bits per heavy atom. The van der Waals surface area contributed by atoms with Crippen molar-refractivity contribution in [3.8, 4) is 23.0 Å². The number of carboxylic acids is 1. The molecule has 92 heavy (non-hydrogen) atoms. The number of ether oxygens (including phenoxy) is 4. The van der Waals surface area contributed by atoms with Crippen molar-refractivity contribution in [1.82, 2.24) is 10.4 Å². The standard InChI is InChI=1S/C23H24F5NO2.C15H17F3O3.C14H18F3NO3.C8H5F3O3.C4H9I/c1-5-13(2)31-21-12-18(23(26,27)28)8-6-16(21)7-9-22(30)29-15(4)17-10-19(24)14(3)20(25)11-17;1-4-10(2)21-13-9-12(15(16,17)18)7-5-11(13)6-8-14(19)20-3;1-5-9(2)21-12-8-10(14(15,16)17)6-7-11(12)13(19)18(3)20-4;9-8(10,11)4-1-2-5(7(13)14)6(12)3-4;1-3-4(2)5/h6-13,15H,5H2,1-4H3,(H,29,30);5-10H,4H2,1-3H3;6-9H,5H2,1-4H3;1-3,12H,(H,13,14);4H,3H2,1-2H3/b9-7+;8-6+;;;/t13?,15-;;;;/m1..../s1. The lowest BCUT2D eigenvalue weighted by Gasteiger charge is -2.20. The predicted molar refractivity (Wildman–Crippen MR) is 326 cm³/mol. The fourth-order valence-corrected chi connectivity index (χ4v) is 6.57. The van der Waals surface area contributed by atoms with Gasteiger partial charge in [0, 0.05) is 39.8 Å². The Bertz CT molecular complexity index is 3230. The normalized spacial score (nSPS) is 13.2. The molecule has 3 N–H and O–H groups in total. The molecule has 4 unspecified atom stereocenters. The average Bonchev–Trinajstić information content (AvgIpc) is 0.867. The molecule has 0 aromatic heterocycles. The number of rotatable bonds is 19. The first-order valence-corrected chi connectivity index (χ1v) is 29.2. The fourth-order valence-electron chi connectivity index (χ4n) is 6.57. The molecule has 5 rings (SSSR count). The van der Waals surface area contributed by atoms with Gasteiger partial charge in [-0.3, -0.25) is 14.4 Å². The van der Waals surface area contributed by atoms with E-state index >= 15 is 0 Å². The third-order valence-corrected chi connectivity index (χ3v) is 13.7. The molecule has 5 aromatic carbocycles. The molecule has 5 aromatic rings. The first-order chi connectivity index (χ1) is 42.5. The van der Waals surface area contributed by atoms with Crippen LogP contribution >= 0.6 is 22.6 Å². The predicted octanol–water partition coefficient (Wildman–Crippen LogP) is 18.3. The van der Waals surface area contributed by atoms with E-state index in [1.54, 1.807) is 27.7 Å². The van der Waals surface area contributed by atoms with E-state index in [1.807, 2.05) is 20.8 Å². The summed E-state index contributed by atoms with van der Waals surface area (Å²) in [6.07, 6.45) is -10.9. The molecule has 510 valence electrons. The lowest BCUT2D eigenvalue weighted by molar-refractivity contribution is -0.138. The van der Waals surface area contributed by atoms with Gasteiger partial charge < -0.3 is 34.5 Å². The number of aromatic hydroxyl groups is 1. The first kappa shape index (κ1) is 82.4. The van der Waals surface area contributed by atoms with Crippen LogP contribution in [0.5, 0.6) is 23.0 Å². The number of benzene rings is 5. The summed E-state index contributed by atoms with van der Waals surface area (Å²) in [6, 6.07) is 12.2. The van der Waals surface area contributed by atoms with Gasteiger partial charge in [0.1, 0.15) is 40.2 Å². The van der Waals surface area contributed by atoms with E-state index in [1.165, 1.54) is 58.9 Å². The summed E-state index contributed by atoms with van der Waals surface area (Å²) in [5, 5.41) is 20.9. The third kappa shape index (κ3) is 28.5.